The summed E-state index contributed by atoms with van der Waals surface area (Å²) in [6, 6.07) is 16.3. The lowest BCUT2D eigenvalue weighted by atomic mass is 10.0. The van der Waals surface area contributed by atoms with Gasteiger partial charge in [0.25, 0.3) is 0 Å². The lowest BCUT2D eigenvalue weighted by molar-refractivity contribution is 0.0316. The molecule has 4 nitrogen and oxygen atoms in total. The Balaban J connectivity index is 1.69. The number of aryl methyl sites for hydroxylation is 1. The van der Waals surface area contributed by atoms with E-state index in [2.05, 4.69) is 29.2 Å². The van der Waals surface area contributed by atoms with Crippen LogP contribution >= 0.6 is 0 Å². The van der Waals surface area contributed by atoms with Crippen molar-refractivity contribution in [1.29, 1.82) is 0 Å². The second-order valence-electron chi connectivity index (χ2n) is 7.47. The molecule has 0 aromatic heterocycles. The second-order valence-corrected chi connectivity index (χ2v) is 7.47. The number of ether oxygens (including phenoxy) is 2. The molecule has 0 N–H and O–H groups in total. The molecule has 1 heterocycles. The van der Waals surface area contributed by atoms with E-state index in [1.54, 1.807) is 6.07 Å². The molecule has 0 aliphatic carbocycles. The molecule has 0 amide bonds. The van der Waals surface area contributed by atoms with Crippen LogP contribution in [0.5, 0.6) is 5.75 Å². The maximum atomic E-state index is 12.8. The van der Waals surface area contributed by atoms with E-state index < -0.39 is 0 Å². The van der Waals surface area contributed by atoms with Crippen LogP contribution in [-0.4, -0.2) is 43.2 Å². The molecular weight excluding hydrogens is 350 g/mol. The van der Waals surface area contributed by atoms with Crippen molar-refractivity contribution in [2.45, 2.75) is 45.6 Å². The first-order valence-electron chi connectivity index (χ1n) is 10.4. The van der Waals surface area contributed by atoms with Gasteiger partial charge >= 0.3 is 5.97 Å². The van der Waals surface area contributed by atoms with Crippen molar-refractivity contribution < 1.29 is 14.3 Å². The van der Waals surface area contributed by atoms with Gasteiger partial charge in [-0.2, -0.15) is 0 Å². The Kier molecular flexibility index (Phi) is 7.49. The minimum atomic E-state index is -0.307. The average Bonchev–Trinajstić information content (AvgIpc) is 2.72. The van der Waals surface area contributed by atoms with Crippen LogP contribution in [0, 0.1) is 6.92 Å². The highest BCUT2D eigenvalue weighted by Crippen LogP contribution is 2.22. The number of hydrogen-bond acceptors (Lipinski definition) is 4. The fourth-order valence-electron chi connectivity index (χ4n) is 3.79. The third-order valence-electron chi connectivity index (χ3n) is 5.28. The average molecular weight is 382 g/mol. The summed E-state index contributed by atoms with van der Waals surface area (Å²) in [6.45, 7) is 6.97. The lowest BCUT2D eigenvalue weighted by Crippen LogP contribution is -2.43. The zero-order valence-corrected chi connectivity index (χ0v) is 17.0. The van der Waals surface area contributed by atoms with Crippen LogP contribution in [0.3, 0.4) is 0 Å². The summed E-state index contributed by atoms with van der Waals surface area (Å²) < 4.78 is 11.4. The number of benzene rings is 2. The van der Waals surface area contributed by atoms with E-state index in [0.29, 0.717) is 24.5 Å². The number of esters is 1. The Hall–Kier alpha value is -2.33. The van der Waals surface area contributed by atoms with Crippen molar-refractivity contribution in [2.75, 3.05) is 26.3 Å². The van der Waals surface area contributed by atoms with E-state index in [0.717, 1.165) is 25.1 Å². The Bertz CT molecular complexity index is 754. The third kappa shape index (κ3) is 5.59. The molecule has 150 valence electrons. The summed E-state index contributed by atoms with van der Waals surface area (Å²) in [6.07, 6.45) is 4.60. The van der Waals surface area contributed by atoms with Crippen LogP contribution < -0.4 is 4.74 Å². The molecular formula is C24H31NO3. The van der Waals surface area contributed by atoms with Crippen LogP contribution in [0.4, 0.5) is 0 Å². The Morgan fingerprint density at radius 1 is 1.07 bits per heavy atom. The molecule has 1 fully saturated rings. The number of carbonyl (C=O) groups is 1. The van der Waals surface area contributed by atoms with Crippen molar-refractivity contribution in [3.63, 3.8) is 0 Å². The van der Waals surface area contributed by atoms with Crippen LogP contribution in [0.25, 0.3) is 0 Å². The van der Waals surface area contributed by atoms with Gasteiger partial charge in [-0.05, 0) is 69.5 Å². The summed E-state index contributed by atoms with van der Waals surface area (Å²) in [5.74, 6) is 0.295. The second kappa shape index (κ2) is 10.3. The highest BCUT2D eigenvalue weighted by Gasteiger charge is 2.23. The molecule has 1 atom stereocenters. The first-order valence-corrected chi connectivity index (χ1v) is 10.4. The molecule has 28 heavy (non-hydrogen) atoms. The van der Waals surface area contributed by atoms with Gasteiger partial charge in [0.05, 0.1) is 6.61 Å². The number of likely N-dealkylation sites (tertiary alicyclic amines) is 1. The van der Waals surface area contributed by atoms with Gasteiger partial charge in [0.1, 0.15) is 17.9 Å². The smallest absolute Gasteiger partial charge is 0.341 e. The first-order chi connectivity index (χ1) is 13.7. The predicted octanol–water partition coefficient (Wildman–Crippen LogP) is 4.65. The molecule has 0 radical (unpaired) electrons. The first kappa shape index (κ1) is 20.4. The number of carbonyl (C=O) groups excluding carboxylic acids is 1. The maximum absolute atomic E-state index is 12.8. The van der Waals surface area contributed by atoms with Gasteiger partial charge in [0.15, 0.2) is 0 Å². The number of rotatable bonds is 8. The predicted molar refractivity (Wildman–Crippen MR) is 112 cm³/mol. The van der Waals surface area contributed by atoms with Gasteiger partial charge in [0, 0.05) is 6.04 Å². The van der Waals surface area contributed by atoms with Crippen molar-refractivity contribution >= 4 is 5.97 Å². The van der Waals surface area contributed by atoms with Crippen molar-refractivity contribution in [3.05, 3.63) is 65.2 Å². The fraction of sp³-hybridized carbons (Fsp3) is 0.458. The molecule has 1 aliphatic heterocycles. The Morgan fingerprint density at radius 2 is 1.82 bits per heavy atom. The molecule has 3 rings (SSSR count). The summed E-state index contributed by atoms with van der Waals surface area (Å²) >= 11 is 0. The van der Waals surface area contributed by atoms with Crippen LogP contribution in [0.2, 0.25) is 0 Å². The van der Waals surface area contributed by atoms with Gasteiger partial charge in [-0.1, -0.05) is 42.8 Å². The number of nitrogens with zero attached hydrogens (tertiary/aromatic N) is 1. The van der Waals surface area contributed by atoms with Crippen LogP contribution in [-0.2, 0) is 11.2 Å². The summed E-state index contributed by atoms with van der Waals surface area (Å²) in [4.78, 5) is 15.2. The molecule has 2 aromatic rings. The summed E-state index contributed by atoms with van der Waals surface area (Å²) in [7, 11) is 0. The largest absolute Gasteiger partial charge is 0.493 e. The molecule has 4 heteroatoms. The van der Waals surface area contributed by atoms with E-state index in [1.807, 2.05) is 32.0 Å². The normalized spacial score (nSPS) is 15.8. The lowest BCUT2D eigenvalue weighted by Gasteiger charge is -2.34. The van der Waals surface area contributed by atoms with Gasteiger partial charge < -0.3 is 9.47 Å². The zero-order chi connectivity index (χ0) is 19.8. The molecule has 0 spiro atoms. The van der Waals surface area contributed by atoms with Crippen molar-refractivity contribution in [1.82, 2.24) is 4.90 Å². The fourth-order valence-corrected chi connectivity index (χ4v) is 3.79. The number of piperidine rings is 1. The maximum Gasteiger partial charge on any atom is 0.341 e. The summed E-state index contributed by atoms with van der Waals surface area (Å²) in [5.41, 5.74) is 2.85. The van der Waals surface area contributed by atoms with Crippen LogP contribution in [0.15, 0.2) is 48.5 Å². The minimum absolute atomic E-state index is 0.202. The van der Waals surface area contributed by atoms with E-state index >= 15 is 0 Å². The Morgan fingerprint density at radius 3 is 2.54 bits per heavy atom. The quantitative estimate of drug-likeness (QED) is 0.624. The molecule has 0 unspecified atom stereocenters. The molecule has 1 saturated heterocycles. The van der Waals surface area contributed by atoms with Crippen LogP contribution in [0.1, 0.15) is 47.7 Å². The third-order valence-corrected chi connectivity index (χ3v) is 5.28. The highest BCUT2D eigenvalue weighted by atomic mass is 16.5. The highest BCUT2D eigenvalue weighted by molar-refractivity contribution is 5.92. The molecule has 0 bridgehead atoms. The van der Waals surface area contributed by atoms with Gasteiger partial charge in [-0.25, -0.2) is 4.79 Å². The zero-order valence-electron chi connectivity index (χ0n) is 17.0. The topological polar surface area (TPSA) is 38.8 Å². The van der Waals surface area contributed by atoms with Gasteiger partial charge in [0.2, 0.25) is 0 Å². The monoisotopic (exact) mass is 381 g/mol. The minimum Gasteiger partial charge on any atom is -0.493 e. The molecule has 2 aromatic carbocycles. The SMILES string of the molecule is CCOc1cc(C)ccc1C(=O)OC[C@H](Cc1ccccc1)N1CCCCC1. The van der Waals surface area contributed by atoms with Crippen molar-refractivity contribution in [3.8, 4) is 5.75 Å². The molecule has 0 saturated carbocycles. The Labute approximate surface area is 168 Å². The number of hydrogen-bond donors (Lipinski definition) is 0. The van der Waals surface area contributed by atoms with Crippen molar-refractivity contribution in [2.24, 2.45) is 0 Å². The van der Waals surface area contributed by atoms with E-state index in [-0.39, 0.29) is 12.0 Å². The van der Waals surface area contributed by atoms with Gasteiger partial charge in [-0.15, -0.1) is 0 Å². The standard InChI is InChI=1S/C24H31NO3/c1-3-27-23-16-19(2)12-13-22(23)24(26)28-18-21(25-14-8-5-9-15-25)17-20-10-6-4-7-11-20/h4,6-7,10-13,16,21H,3,5,8-9,14-15,17-18H2,1-2H3/t21-/m0/s1. The van der Waals surface area contributed by atoms with E-state index in [4.69, 9.17) is 9.47 Å². The van der Waals surface area contributed by atoms with E-state index in [9.17, 15) is 4.79 Å². The van der Waals surface area contributed by atoms with Gasteiger partial charge in [-0.3, -0.25) is 4.90 Å². The summed E-state index contributed by atoms with van der Waals surface area (Å²) in [5, 5.41) is 0. The molecule has 1 aliphatic rings. The van der Waals surface area contributed by atoms with E-state index in [1.165, 1.54) is 24.8 Å².